The van der Waals surface area contributed by atoms with E-state index in [1.54, 1.807) is 7.11 Å². The Balaban J connectivity index is 1.88. The molecule has 0 aromatic heterocycles. The standard InChI is InChI=1S/C20H21NO2/c1-23-18-13-11-16(12-14-18)19(15-7-3-2-4-8-15)21-20(22)17-9-5-6-10-17/h2-4,7-9,11-14,19H,5-6,10H2,1H3,(H,21,22)/t19-/m1/s1. The minimum absolute atomic E-state index is 0.0344. The van der Waals surface area contributed by atoms with Crippen LogP contribution in [0.3, 0.4) is 0 Å². The van der Waals surface area contributed by atoms with Crippen LogP contribution in [0.1, 0.15) is 36.4 Å². The summed E-state index contributed by atoms with van der Waals surface area (Å²) in [6.45, 7) is 0. The number of rotatable bonds is 5. The predicted molar refractivity (Wildman–Crippen MR) is 91.4 cm³/mol. The monoisotopic (exact) mass is 307 g/mol. The summed E-state index contributed by atoms with van der Waals surface area (Å²) in [4.78, 5) is 12.5. The molecule has 23 heavy (non-hydrogen) atoms. The van der Waals surface area contributed by atoms with Gasteiger partial charge in [-0.1, -0.05) is 48.5 Å². The average Bonchev–Trinajstić information content (AvgIpc) is 3.15. The lowest BCUT2D eigenvalue weighted by Gasteiger charge is -2.20. The zero-order valence-electron chi connectivity index (χ0n) is 13.3. The zero-order valence-corrected chi connectivity index (χ0v) is 13.3. The molecule has 3 rings (SSSR count). The Hall–Kier alpha value is -2.55. The maximum absolute atomic E-state index is 12.5. The average molecular weight is 307 g/mol. The van der Waals surface area contributed by atoms with Gasteiger partial charge < -0.3 is 10.1 Å². The van der Waals surface area contributed by atoms with Crippen LogP contribution in [0, 0.1) is 0 Å². The number of ether oxygens (including phenoxy) is 1. The molecule has 1 atom stereocenters. The van der Waals surface area contributed by atoms with Crippen molar-refractivity contribution in [3.8, 4) is 5.75 Å². The third-order valence-corrected chi connectivity index (χ3v) is 4.19. The van der Waals surface area contributed by atoms with E-state index >= 15 is 0 Å². The molecule has 1 amide bonds. The van der Waals surface area contributed by atoms with Gasteiger partial charge in [0.25, 0.3) is 0 Å². The van der Waals surface area contributed by atoms with Crippen molar-refractivity contribution in [3.63, 3.8) is 0 Å². The Bertz CT molecular complexity index is 689. The van der Waals surface area contributed by atoms with E-state index in [1.165, 1.54) is 0 Å². The van der Waals surface area contributed by atoms with Crippen molar-refractivity contribution < 1.29 is 9.53 Å². The molecule has 0 radical (unpaired) electrons. The molecule has 0 saturated heterocycles. The number of hydrogen-bond donors (Lipinski definition) is 1. The number of allylic oxidation sites excluding steroid dienone is 1. The third kappa shape index (κ3) is 3.62. The molecule has 118 valence electrons. The predicted octanol–water partition coefficient (Wildman–Crippen LogP) is 4.01. The number of nitrogens with one attached hydrogen (secondary N) is 1. The normalized spacial score (nSPS) is 14.9. The van der Waals surface area contributed by atoms with Crippen LogP contribution in [0.25, 0.3) is 0 Å². The number of benzene rings is 2. The molecular weight excluding hydrogens is 286 g/mol. The molecule has 0 saturated carbocycles. The van der Waals surface area contributed by atoms with Crippen LogP contribution in [0.2, 0.25) is 0 Å². The second-order valence-corrected chi connectivity index (χ2v) is 5.71. The van der Waals surface area contributed by atoms with Gasteiger partial charge in [0.2, 0.25) is 5.91 Å². The van der Waals surface area contributed by atoms with E-state index in [-0.39, 0.29) is 11.9 Å². The van der Waals surface area contributed by atoms with Gasteiger partial charge in [0.05, 0.1) is 13.2 Å². The summed E-state index contributed by atoms with van der Waals surface area (Å²) in [5.74, 6) is 0.845. The van der Waals surface area contributed by atoms with Gasteiger partial charge in [-0.2, -0.15) is 0 Å². The molecule has 0 spiro atoms. The van der Waals surface area contributed by atoms with Crippen LogP contribution in [0.15, 0.2) is 66.2 Å². The first-order valence-corrected chi connectivity index (χ1v) is 7.97. The molecule has 3 nitrogen and oxygen atoms in total. The van der Waals surface area contributed by atoms with Crippen LogP contribution < -0.4 is 10.1 Å². The molecule has 2 aromatic carbocycles. The van der Waals surface area contributed by atoms with Gasteiger partial charge in [0.1, 0.15) is 5.75 Å². The number of methoxy groups -OCH3 is 1. The van der Waals surface area contributed by atoms with Gasteiger partial charge in [-0.15, -0.1) is 0 Å². The number of carbonyl (C=O) groups is 1. The third-order valence-electron chi connectivity index (χ3n) is 4.19. The Labute approximate surface area is 137 Å². The summed E-state index contributed by atoms with van der Waals surface area (Å²) in [5, 5.41) is 3.18. The van der Waals surface area contributed by atoms with Gasteiger partial charge in [-0.3, -0.25) is 4.79 Å². The van der Waals surface area contributed by atoms with E-state index in [2.05, 4.69) is 5.32 Å². The molecule has 1 aliphatic carbocycles. The van der Waals surface area contributed by atoms with Crippen molar-refractivity contribution in [2.24, 2.45) is 0 Å². The van der Waals surface area contributed by atoms with E-state index in [1.807, 2.05) is 60.7 Å². The van der Waals surface area contributed by atoms with Crippen LogP contribution in [-0.4, -0.2) is 13.0 Å². The Morgan fingerprint density at radius 2 is 1.74 bits per heavy atom. The van der Waals surface area contributed by atoms with Gasteiger partial charge >= 0.3 is 0 Å². The molecular formula is C20H21NO2. The van der Waals surface area contributed by atoms with Crippen LogP contribution in [0.5, 0.6) is 5.75 Å². The molecule has 0 heterocycles. The molecule has 0 aliphatic heterocycles. The lowest BCUT2D eigenvalue weighted by Crippen LogP contribution is -2.30. The van der Waals surface area contributed by atoms with Crippen LogP contribution in [-0.2, 0) is 4.79 Å². The van der Waals surface area contributed by atoms with E-state index in [0.29, 0.717) is 0 Å². The molecule has 1 aliphatic rings. The van der Waals surface area contributed by atoms with Crippen LogP contribution in [0.4, 0.5) is 0 Å². The molecule has 0 bridgehead atoms. The van der Waals surface area contributed by atoms with Crippen LogP contribution >= 0.6 is 0 Å². The summed E-state index contributed by atoms with van der Waals surface area (Å²) in [6.07, 6.45) is 4.99. The molecule has 2 aromatic rings. The summed E-state index contributed by atoms with van der Waals surface area (Å²) in [5.41, 5.74) is 3.02. The maximum atomic E-state index is 12.5. The van der Waals surface area contributed by atoms with Crippen molar-refractivity contribution in [3.05, 3.63) is 77.4 Å². The second kappa shape index (κ2) is 7.14. The first-order valence-electron chi connectivity index (χ1n) is 7.97. The minimum atomic E-state index is -0.156. The second-order valence-electron chi connectivity index (χ2n) is 5.71. The molecule has 0 fully saturated rings. The highest BCUT2D eigenvalue weighted by Gasteiger charge is 2.20. The van der Waals surface area contributed by atoms with E-state index in [0.717, 1.165) is 41.7 Å². The number of hydrogen-bond acceptors (Lipinski definition) is 2. The highest BCUT2D eigenvalue weighted by Crippen LogP contribution is 2.26. The highest BCUT2D eigenvalue weighted by atomic mass is 16.5. The molecule has 3 heteroatoms. The Morgan fingerprint density at radius 3 is 2.35 bits per heavy atom. The van der Waals surface area contributed by atoms with Crippen molar-refractivity contribution in [2.75, 3.05) is 7.11 Å². The fourth-order valence-corrected chi connectivity index (χ4v) is 2.90. The summed E-state index contributed by atoms with van der Waals surface area (Å²) in [6, 6.07) is 17.7. The lowest BCUT2D eigenvalue weighted by molar-refractivity contribution is -0.118. The molecule has 0 unspecified atom stereocenters. The summed E-state index contributed by atoms with van der Waals surface area (Å²) < 4.78 is 5.22. The zero-order chi connectivity index (χ0) is 16.1. The number of carbonyl (C=O) groups excluding carboxylic acids is 1. The van der Waals surface area contributed by atoms with E-state index in [9.17, 15) is 4.79 Å². The summed E-state index contributed by atoms with van der Waals surface area (Å²) in [7, 11) is 1.65. The summed E-state index contributed by atoms with van der Waals surface area (Å²) >= 11 is 0. The Morgan fingerprint density at radius 1 is 1.04 bits per heavy atom. The van der Waals surface area contributed by atoms with Crippen molar-refractivity contribution in [1.29, 1.82) is 0 Å². The van der Waals surface area contributed by atoms with Gasteiger partial charge in [-0.25, -0.2) is 0 Å². The number of amides is 1. The fourth-order valence-electron chi connectivity index (χ4n) is 2.90. The largest absolute Gasteiger partial charge is 0.497 e. The van der Waals surface area contributed by atoms with Gasteiger partial charge in [0, 0.05) is 5.57 Å². The highest BCUT2D eigenvalue weighted by molar-refractivity contribution is 5.94. The topological polar surface area (TPSA) is 38.3 Å². The van der Waals surface area contributed by atoms with Gasteiger partial charge in [-0.05, 0) is 42.5 Å². The lowest BCUT2D eigenvalue weighted by atomic mass is 9.98. The quantitative estimate of drug-likeness (QED) is 0.906. The Kier molecular flexibility index (Phi) is 4.77. The minimum Gasteiger partial charge on any atom is -0.497 e. The maximum Gasteiger partial charge on any atom is 0.247 e. The first-order chi connectivity index (χ1) is 11.3. The molecule has 1 N–H and O–H groups in total. The SMILES string of the molecule is COc1ccc([C@H](NC(=O)C2=CCCC2)c2ccccc2)cc1. The van der Waals surface area contributed by atoms with Crippen molar-refractivity contribution in [1.82, 2.24) is 5.32 Å². The fraction of sp³-hybridized carbons (Fsp3) is 0.250. The van der Waals surface area contributed by atoms with E-state index in [4.69, 9.17) is 4.74 Å². The smallest absolute Gasteiger partial charge is 0.247 e. The van der Waals surface area contributed by atoms with Crippen molar-refractivity contribution >= 4 is 5.91 Å². The van der Waals surface area contributed by atoms with E-state index < -0.39 is 0 Å². The van der Waals surface area contributed by atoms with Crippen molar-refractivity contribution in [2.45, 2.75) is 25.3 Å². The first kappa shape index (κ1) is 15.3. The van der Waals surface area contributed by atoms with Gasteiger partial charge in [0.15, 0.2) is 0 Å².